The molecule has 4 rings (SSSR count). The third-order valence-electron chi connectivity index (χ3n) is 4.68. The molecule has 1 aliphatic heterocycles. The average molecular weight is 379 g/mol. The van der Waals surface area contributed by atoms with Gasteiger partial charge in [-0.1, -0.05) is 48.5 Å². The zero-order valence-corrected chi connectivity index (χ0v) is 15.8. The molecule has 1 aliphatic rings. The highest BCUT2D eigenvalue weighted by molar-refractivity contribution is 7.80. The largest absolute Gasteiger partial charge is 0.376 e. The second-order valence-electron chi connectivity index (χ2n) is 6.54. The fourth-order valence-corrected chi connectivity index (χ4v) is 3.47. The van der Waals surface area contributed by atoms with Crippen molar-refractivity contribution in [2.75, 3.05) is 13.2 Å². The average Bonchev–Trinajstić information content (AvgIpc) is 3.35. The Hall–Kier alpha value is -2.70. The van der Waals surface area contributed by atoms with Gasteiger partial charge in [0.25, 0.3) is 0 Å². The SMILES string of the molecule is S=C(NCC1CCCO1)N/N=C/c1c(-c2ccccc2)[nH]c2ccccc12. The zero-order chi connectivity index (χ0) is 18.5. The molecule has 0 radical (unpaired) electrons. The normalized spacial score (nSPS) is 16.8. The molecule has 0 bridgehead atoms. The van der Waals surface area contributed by atoms with E-state index in [4.69, 9.17) is 17.0 Å². The molecule has 6 heteroatoms. The van der Waals surface area contributed by atoms with Gasteiger partial charge in [0, 0.05) is 29.6 Å². The molecule has 3 N–H and O–H groups in total. The molecule has 3 aromatic rings. The smallest absolute Gasteiger partial charge is 0.187 e. The molecule has 0 aliphatic carbocycles. The number of para-hydroxylation sites is 1. The van der Waals surface area contributed by atoms with Crippen LogP contribution in [0.15, 0.2) is 59.7 Å². The number of hydrazone groups is 1. The number of H-pyrrole nitrogens is 1. The van der Waals surface area contributed by atoms with Crippen molar-refractivity contribution in [2.45, 2.75) is 18.9 Å². The molecule has 2 aromatic carbocycles. The second kappa shape index (κ2) is 8.33. The van der Waals surface area contributed by atoms with E-state index in [1.165, 1.54) is 0 Å². The molecule has 0 spiro atoms. The van der Waals surface area contributed by atoms with Gasteiger partial charge in [-0.25, -0.2) is 0 Å². The van der Waals surface area contributed by atoms with Gasteiger partial charge in [0.15, 0.2) is 5.11 Å². The number of aromatic amines is 1. The predicted molar refractivity (Wildman–Crippen MR) is 114 cm³/mol. The minimum Gasteiger partial charge on any atom is -0.376 e. The number of nitrogens with one attached hydrogen (secondary N) is 3. The van der Waals surface area contributed by atoms with Crippen molar-refractivity contribution >= 4 is 34.4 Å². The molecule has 0 amide bonds. The van der Waals surface area contributed by atoms with Crippen LogP contribution in [-0.2, 0) is 4.74 Å². The Morgan fingerprint density at radius 3 is 2.81 bits per heavy atom. The minimum absolute atomic E-state index is 0.243. The van der Waals surface area contributed by atoms with Crippen molar-refractivity contribution in [3.8, 4) is 11.3 Å². The van der Waals surface area contributed by atoms with Gasteiger partial charge in [-0.3, -0.25) is 5.43 Å². The van der Waals surface area contributed by atoms with E-state index >= 15 is 0 Å². The van der Waals surface area contributed by atoms with E-state index in [0.717, 1.165) is 47.2 Å². The summed E-state index contributed by atoms with van der Waals surface area (Å²) < 4.78 is 5.59. The Bertz CT molecular complexity index is 945. The maximum absolute atomic E-state index is 5.59. The van der Waals surface area contributed by atoms with E-state index in [0.29, 0.717) is 11.7 Å². The molecular weight excluding hydrogens is 356 g/mol. The summed E-state index contributed by atoms with van der Waals surface area (Å²) in [6, 6.07) is 18.5. The number of thiocarbonyl (C=S) groups is 1. The summed E-state index contributed by atoms with van der Waals surface area (Å²) in [6.45, 7) is 1.55. The van der Waals surface area contributed by atoms with Crippen LogP contribution in [0.5, 0.6) is 0 Å². The summed E-state index contributed by atoms with van der Waals surface area (Å²) >= 11 is 5.31. The molecule has 2 heterocycles. The first-order valence-corrected chi connectivity index (χ1v) is 9.57. The third-order valence-corrected chi connectivity index (χ3v) is 4.92. The molecule has 27 heavy (non-hydrogen) atoms. The summed E-state index contributed by atoms with van der Waals surface area (Å²) in [4.78, 5) is 3.50. The number of nitrogens with zero attached hydrogens (tertiary/aromatic N) is 1. The molecule has 1 saturated heterocycles. The minimum atomic E-state index is 0.243. The monoisotopic (exact) mass is 378 g/mol. The first kappa shape index (κ1) is 17.7. The molecular formula is C21H22N4OS. The van der Waals surface area contributed by atoms with Gasteiger partial charge in [0.05, 0.1) is 18.0 Å². The number of benzene rings is 2. The quantitative estimate of drug-likeness (QED) is 0.359. The fourth-order valence-electron chi connectivity index (χ4n) is 3.34. The van der Waals surface area contributed by atoms with Crippen LogP contribution in [0.4, 0.5) is 0 Å². The maximum Gasteiger partial charge on any atom is 0.187 e. The molecule has 1 aromatic heterocycles. The molecule has 1 unspecified atom stereocenters. The van der Waals surface area contributed by atoms with Crippen LogP contribution in [0, 0.1) is 0 Å². The topological polar surface area (TPSA) is 61.4 Å². The number of aromatic nitrogens is 1. The van der Waals surface area contributed by atoms with Crippen LogP contribution in [0.3, 0.4) is 0 Å². The number of rotatable bonds is 5. The van der Waals surface area contributed by atoms with Gasteiger partial charge >= 0.3 is 0 Å². The first-order valence-electron chi connectivity index (χ1n) is 9.16. The van der Waals surface area contributed by atoms with E-state index in [-0.39, 0.29) is 6.10 Å². The van der Waals surface area contributed by atoms with Crippen LogP contribution in [0.2, 0.25) is 0 Å². The van der Waals surface area contributed by atoms with E-state index in [2.05, 4.69) is 45.1 Å². The molecule has 1 fully saturated rings. The lowest BCUT2D eigenvalue weighted by molar-refractivity contribution is 0.114. The van der Waals surface area contributed by atoms with Gasteiger partial charge < -0.3 is 15.0 Å². The van der Waals surface area contributed by atoms with Crippen LogP contribution >= 0.6 is 12.2 Å². The highest BCUT2D eigenvalue weighted by Gasteiger charge is 2.15. The van der Waals surface area contributed by atoms with Crippen LogP contribution in [-0.4, -0.2) is 35.6 Å². The van der Waals surface area contributed by atoms with E-state index in [9.17, 15) is 0 Å². The van der Waals surface area contributed by atoms with Crippen molar-refractivity contribution in [3.63, 3.8) is 0 Å². The highest BCUT2D eigenvalue weighted by atomic mass is 32.1. The van der Waals surface area contributed by atoms with Crippen molar-refractivity contribution in [2.24, 2.45) is 5.10 Å². The lowest BCUT2D eigenvalue weighted by Gasteiger charge is -2.11. The van der Waals surface area contributed by atoms with Crippen LogP contribution < -0.4 is 10.7 Å². The summed E-state index contributed by atoms with van der Waals surface area (Å²) in [5.41, 5.74) is 7.18. The first-order chi connectivity index (χ1) is 13.3. The van der Waals surface area contributed by atoms with Gasteiger partial charge in [0.2, 0.25) is 0 Å². The van der Waals surface area contributed by atoms with Crippen molar-refractivity contribution < 1.29 is 4.74 Å². The van der Waals surface area contributed by atoms with E-state index in [1.54, 1.807) is 0 Å². The summed E-state index contributed by atoms with van der Waals surface area (Å²) in [7, 11) is 0. The summed E-state index contributed by atoms with van der Waals surface area (Å²) in [5.74, 6) is 0. The Kier molecular flexibility index (Phi) is 5.46. The fraction of sp³-hybridized carbons (Fsp3) is 0.238. The number of ether oxygens (including phenoxy) is 1. The van der Waals surface area contributed by atoms with E-state index in [1.807, 2.05) is 36.5 Å². The van der Waals surface area contributed by atoms with Crippen molar-refractivity contribution in [1.82, 2.24) is 15.7 Å². The molecule has 1 atom stereocenters. The molecule has 0 saturated carbocycles. The molecule has 138 valence electrons. The summed E-state index contributed by atoms with van der Waals surface area (Å²) in [5, 5.41) is 9.15. The predicted octanol–water partition coefficient (Wildman–Crippen LogP) is 3.81. The zero-order valence-electron chi connectivity index (χ0n) is 14.9. The van der Waals surface area contributed by atoms with Gasteiger partial charge in [-0.05, 0) is 36.7 Å². The Balaban J connectivity index is 1.50. The van der Waals surface area contributed by atoms with Crippen molar-refractivity contribution in [3.05, 3.63) is 60.2 Å². The Morgan fingerprint density at radius 1 is 1.19 bits per heavy atom. The third kappa shape index (κ3) is 4.18. The standard InChI is InChI=1S/C21H22N4OS/c27-21(22-13-16-9-6-12-26-16)25-23-14-18-17-10-4-5-11-19(17)24-20(18)15-7-2-1-3-8-15/h1-5,7-8,10-11,14,16,24H,6,9,12-13H2,(H2,22,25,27)/b23-14+. The van der Waals surface area contributed by atoms with Gasteiger partial charge in [-0.15, -0.1) is 0 Å². The van der Waals surface area contributed by atoms with Crippen LogP contribution in [0.1, 0.15) is 18.4 Å². The Morgan fingerprint density at radius 2 is 2.00 bits per heavy atom. The lowest BCUT2D eigenvalue weighted by atomic mass is 10.1. The van der Waals surface area contributed by atoms with E-state index < -0.39 is 0 Å². The number of fused-ring (bicyclic) bond motifs is 1. The number of hydrogen-bond donors (Lipinski definition) is 3. The lowest BCUT2D eigenvalue weighted by Crippen LogP contribution is -2.37. The Labute approximate surface area is 163 Å². The van der Waals surface area contributed by atoms with Crippen molar-refractivity contribution in [1.29, 1.82) is 0 Å². The summed E-state index contributed by atoms with van der Waals surface area (Å²) in [6.07, 6.45) is 4.26. The maximum atomic E-state index is 5.59. The molecule has 5 nitrogen and oxygen atoms in total. The highest BCUT2D eigenvalue weighted by Crippen LogP contribution is 2.28. The second-order valence-corrected chi connectivity index (χ2v) is 6.95. The van der Waals surface area contributed by atoms with Gasteiger partial charge in [-0.2, -0.15) is 5.10 Å². The van der Waals surface area contributed by atoms with Crippen LogP contribution in [0.25, 0.3) is 22.2 Å². The number of hydrogen-bond acceptors (Lipinski definition) is 3. The van der Waals surface area contributed by atoms with Gasteiger partial charge in [0.1, 0.15) is 0 Å².